The van der Waals surface area contributed by atoms with Gasteiger partial charge in [0.15, 0.2) is 0 Å². The van der Waals surface area contributed by atoms with Crippen LogP contribution in [0.4, 0.5) is 10.2 Å². The van der Waals surface area contributed by atoms with E-state index >= 15 is 0 Å². The van der Waals surface area contributed by atoms with Crippen LogP contribution in [0.3, 0.4) is 0 Å². The highest BCUT2D eigenvalue weighted by Gasteiger charge is 2.11. The molecule has 0 saturated heterocycles. The molecule has 9 heteroatoms. The second kappa shape index (κ2) is 7.41. The number of carbonyl (C=O) groups is 1. The first-order valence-electron chi connectivity index (χ1n) is 6.74. The molecule has 1 N–H and O–H groups in total. The molecule has 3 rings (SSSR count). The van der Waals surface area contributed by atoms with E-state index in [4.69, 9.17) is 16.0 Å². The Bertz CT molecular complexity index is 839. The van der Waals surface area contributed by atoms with Gasteiger partial charge in [-0.05, 0) is 36.4 Å². The zero-order valence-electron chi connectivity index (χ0n) is 12.1. The Balaban J connectivity index is 1.56. The molecule has 0 bridgehead atoms. The first kappa shape index (κ1) is 16.4. The van der Waals surface area contributed by atoms with E-state index in [2.05, 4.69) is 20.5 Å². The minimum absolute atomic E-state index is 0.0787. The summed E-state index contributed by atoms with van der Waals surface area (Å²) in [4.78, 5) is 15.8. The van der Waals surface area contributed by atoms with Gasteiger partial charge < -0.3 is 9.73 Å². The summed E-state index contributed by atoms with van der Waals surface area (Å²) in [5.41, 5.74) is 0.602. The molecule has 0 aliphatic carbocycles. The number of aromatic nitrogens is 3. The fraction of sp³-hybridized carbons (Fsp3) is 0.0667. The highest BCUT2D eigenvalue weighted by atomic mass is 35.5. The molecular weight excluding hydrogens is 355 g/mol. The van der Waals surface area contributed by atoms with Gasteiger partial charge in [0.05, 0.1) is 10.8 Å². The van der Waals surface area contributed by atoms with Crippen molar-refractivity contribution in [3.8, 4) is 11.5 Å². The van der Waals surface area contributed by atoms with Crippen molar-refractivity contribution >= 4 is 35.1 Å². The van der Waals surface area contributed by atoms with Crippen LogP contribution in [0.2, 0.25) is 5.02 Å². The molecule has 0 aliphatic rings. The number of thioether (sulfide) groups is 1. The molecule has 0 unspecified atom stereocenters. The summed E-state index contributed by atoms with van der Waals surface area (Å²) in [7, 11) is 0. The van der Waals surface area contributed by atoms with Gasteiger partial charge in [-0.1, -0.05) is 23.4 Å². The predicted octanol–water partition coefficient (Wildman–Crippen LogP) is 3.65. The van der Waals surface area contributed by atoms with E-state index in [0.29, 0.717) is 16.4 Å². The van der Waals surface area contributed by atoms with Crippen molar-refractivity contribution in [3.63, 3.8) is 0 Å². The number of carbonyl (C=O) groups excluding carboxylic acids is 1. The minimum Gasteiger partial charge on any atom is -0.411 e. The van der Waals surface area contributed by atoms with Gasteiger partial charge in [0.25, 0.3) is 5.22 Å². The van der Waals surface area contributed by atoms with Crippen LogP contribution in [0.1, 0.15) is 0 Å². The van der Waals surface area contributed by atoms with E-state index in [1.807, 2.05) is 0 Å². The molecule has 0 saturated carbocycles. The Labute approximate surface area is 145 Å². The van der Waals surface area contributed by atoms with E-state index in [1.165, 1.54) is 30.5 Å². The van der Waals surface area contributed by atoms with Crippen molar-refractivity contribution in [2.45, 2.75) is 5.22 Å². The third kappa shape index (κ3) is 4.30. The zero-order chi connectivity index (χ0) is 16.9. The number of pyridine rings is 1. The van der Waals surface area contributed by atoms with Gasteiger partial charge in [-0.2, -0.15) is 0 Å². The predicted molar refractivity (Wildman–Crippen MR) is 88.3 cm³/mol. The van der Waals surface area contributed by atoms with E-state index < -0.39 is 0 Å². The number of amides is 1. The summed E-state index contributed by atoms with van der Waals surface area (Å²) in [5, 5.41) is 11.1. The lowest BCUT2D eigenvalue weighted by molar-refractivity contribution is -0.113. The molecular formula is C15H10ClFN4O2S. The molecule has 0 radical (unpaired) electrons. The molecule has 0 fully saturated rings. The largest absolute Gasteiger partial charge is 0.411 e. The Kier molecular flexibility index (Phi) is 5.07. The summed E-state index contributed by atoms with van der Waals surface area (Å²) < 4.78 is 18.3. The fourth-order valence-corrected chi connectivity index (χ4v) is 2.41. The Morgan fingerprint density at radius 1 is 1.21 bits per heavy atom. The summed E-state index contributed by atoms with van der Waals surface area (Å²) in [6, 6.07) is 8.92. The average Bonchev–Trinajstić information content (AvgIpc) is 3.05. The first-order valence-corrected chi connectivity index (χ1v) is 8.10. The quantitative estimate of drug-likeness (QED) is 0.696. The van der Waals surface area contributed by atoms with E-state index in [0.717, 1.165) is 11.8 Å². The lowest BCUT2D eigenvalue weighted by Crippen LogP contribution is -2.14. The van der Waals surface area contributed by atoms with Crippen LogP contribution < -0.4 is 5.32 Å². The summed E-state index contributed by atoms with van der Waals surface area (Å²) in [5.74, 6) is 0.131. The minimum atomic E-state index is -0.347. The standard InChI is InChI=1S/C15H10ClFN4O2S/c16-10-3-6-12(18-7-10)19-13(22)8-24-15-21-20-14(23-15)9-1-4-11(17)5-2-9/h1-7H,8H2,(H,18,19,22). The number of rotatable bonds is 5. The summed E-state index contributed by atoms with van der Waals surface area (Å²) in [6.07, 6.45) is 1.44. The van der Waals surface area contributed by atoms with Gasteiger partial charge in [-0.15, -0.1) is 10.2 Å². The smallest absolute Gasteiger partial charge is 0.277 e. The lowest BCUT2D eigenvalue weighted by Gasteiger charge is -2.02. The molecule has 1 amide bonds. The average molecular weight is 365 g/mol. The monoisotopic (exact) mass is 364 g/mol. The van der Waals surface area contributed by atoms with Gasteiger partial charge in [0, 0.05) is 11.8 Å². The third-order valence-electron chi connectivity index (χ3n) is 2.82. The second-order valence-corrected chi connectivity index (χ2v) is 5.94. The first-order chi connectivity index (χ1) is 11.6. The maximum absolute atomic E-state index is 12.9. The lowest BCUT2D eigenvalue weighted by atomic mass is 10.2. The summed E-state index contributed by atoms with van der Waals surface area (Å²) >= 11 is 6.81. The third-order valence-corrected chi connectivity index (χ3v) is 3.86. The molecule has 122 valence electrons. The highest BCUT2D eigenvalue weighted by molar-refractivity contribution is 7.99. The molecule has 2 aromatic heterocycles. The van der Waals surface area contributed by atoms with Crippen molar-refractivity contribution < 1.29 is 13.6 Å². The number of halogens is 2. The van der Waals surface area contributed by atoms with Crippen molar-refractivity contribution in [2.75, 3.05) is 11.1 Å². The maximum atomic E-state index is 12.9. The van der Waals surface area contributed by atoms with Gasteiger partial charge in [0.1, 0.15) is 11.6 Å². The Hall–Kier alpha value is -2.45. The SMILES string of the molecule is O=C(CSc1nnc(-c2ccc(F)cc2)o1)Nc1ccc(Cl)cn1. The fourth-order valence-electron chi connectivity index (χ4n) is 1.73. The summed E-state index contributed by atoms with van der Waals surface area (Å²) in [6.45, 7) is 0. The number of hydrogen-bond donors (Lipinski definition) is 1. The Morgan fingerprint density at radius 3 is 2.71 bits per heavy atom. The van der Waals surface area contributed by atoms with Crippen LogP contribution in [-0.2, 0) is 4.79 Å². The van der Waals surface area contributed by atoms with Crippen molar-refractivity contribution in [1.82, 2.24) is 15.2 Å². The molecule has 24 heavy (non-hydrogen) atoms. The van der Waals surface area contributed by atoms with Crippen molar-refractivity contribution in [3.05, 3.63) is 53.4 Å². The van der Waals surface area contributed by atoms with Gasteiger partial charge >= 0.3 is 0 Å². The van der Waals surface area contributed by atoms with Crippen molar-refractivity contribution in [2.24, 2.45) is 0 Å². The number of nitrogens with one attached hydrogen (secondary N) is 1. The zero-order valence-corrected chi connectivity index (χ0v) is 13.6. The molecule has 0 aliphatic heterocycles. The topological polar surface area (TPSA) is 80.9 Å². The van der Waals surface area contributed by atoms with E-state index in [1.54, 1.807) is 12.1 Å². The van der Waals surface area contributed by atoms with Crippen molar-refractivity contribution in [1.29, 1.82) is 0 Å². The number of anilines is 1. The van der Waals surface area contributed by atoms with Gasteiger partial charge in [0.2, 0.25) is 11.8 Å². The Morgan fingerprint density at radius 2 is 2.00 bits per heavy atom. The number of nitrogens with zero attached hydrogens (tertiary/aromatic N) is 3. The maximum Gasteiger partial charge on any atom is 0.277 e. The van der Waals surface area contributed by atoms with Crippen LogP contribution in [0, 0.1) is 5.82 Å². The van der Waals surface area contributed by atoms with Crippen LogP contribution >= 0.6 is 23.4 Å². The number of benzene rings is 1. The van der Waals surface area contributed by atoms with Crippen LogP contribution in [0.5, 0.6) is 0 Å². The highest BCUT2D eigenvalue weighted by Crippen LogP contribution is 2.23. The molecule has 3 aromatic rings. The molecule has 0 spiro atoms. The van der Waals surface area contributed by atoms with Crippen LogP contribution in [-0.4, -0.2) is 26.8 Å². The molecule has 6 nitrogen and oxygen atoms in total. The van der Waals surface area contributed by atoms with E-state index in [-0.39, 0.29) is 28.6 Å². The normalized spacial score (nSPS) is 10.6. The van der Waals surface area contributed by atoms with Crippen LogP contribution in [0.15, 0.2) is 52.2 Å². The van der Waals surface area contributed by atoms with E-state index in [9.17, 15) is 9.18 Å². The van der Waals surface area contributed by atoms with Gasteiger partial charge in [-0.3, -0.25) is 4.79 Å². The second-order valence-electron chi connectivity index (χ2n) is 4.58. The molecule has 0 atom stereocenters. The number of hydrogen-bond acceptors (Lipinski definition) is 6. The molecule has 2 heterocycles. The van der Waals surface area contributed by atoms with Crippen LogP contribution in [0.25, 0.3) is 11.5 Å². The molecule has 1 aromatic carbocycles. The van der Waals surface area contributed by atoms with Gasteiger partial charge in [-0.25, -0.2) is 9.37 Å².